The van der Waals surface area contributed by atoms with E-state index in [9.17, 15) is 0 Å². The van der Waals surface area contributed by atoms with Crippen molar-refractivity contribution >= 4 is 33.9 Å². The Bertz CT molecular complexity index is 1090. The normalized spacial score (nSPS) is 10.9. The minimum absolute atomic E-state index is 0.682. The Morgan fingerprint density at radius 1 is 0.769 bits per heavy atom. The number of nitrogens with one attached hydrogen (secondary N) is 1. The lowest BCUT2D eigenvalue weighted by Gasteiger charge is -2.15. The molecule has 0 spiro atoms. The minimum Gasteiger partial charge on any atom is -0.338 e. The summed E-state index contributed by atoms with van der Waals surface area (Å²) < 4.78 is 0. The molecule has 0 fully saturated rings. The van der Waals surface area contributed by atoms with Crippen molar-refractivity contribution in [3.8, 4) is 11.3 Å². The van der Waals surface area contributed by atoms with Crippen molar-refractivity contribution in [3.05, 3.63) is 82.9 Å². The number of hydrogen-bond acceptors (Lipinski definition) is 3. The van der Waals surface area contributed by atoms with Gasteiger partial charge in [0, 0.05) is 27.0 Å². The Labute approximate surface area is 157 Å². The third-order valence-corrected chi connectivity index (χ3v) is 4.72. The predicted molar refractivity (Wildman–Crippen MR) is 109 cm³/mol. The quantitative estimate of drug-likeness (QED) is 0.465. The van der Waals surface area contributed by atoms with E-state index in [1.807, 2.05) is 42.5 Å². The summed E-state index contributed by atoms with van der Waals surface area (Å²) >= 11 is 6.12. The van der Waals surface area contributed by atoms with E-state index < -0.39 is 0 Å². The first-order chi connectivity index (χ1) is 12.6. The number of benzene rings is 3. The fraction of sp³-hybridized carbons (Fsp3) is 0.0909. The van der Waals surface area contributed by atoms with Gasteiger partial charge in [-0.15, -0.1) is 10.2 Å². The zero-order chi connectivity index (χ0) is 18.1. The molecule has 0 saturated carbocycles. The van der Waals surface area contributed by atoms with E-state index in [1.54, 1.807) is 0 Å². The highest BCUT2D eigenvalue weighted by atomic mass is 35.5. The number of rotatable bonds is 3. The highest BCUT2D eigenvalue weighted by Crippen LogP contribution is 2.35. The van der Waals surface area contributed by atoms with E-state index in [2.05, 4.69) is 53.6 Å². The van der Waals surface area contributed by atoms with Gasteiger partial charge < -0.3 is 5.32 Å². The highest BCUT2D eigenvalue weighted by molar-refractivity contribution is 6.30. The first kappa shape index (κ1) is 16.6. The molecule has 1 N–H and O–H groups in total. The van der Waals surface area contributed by atoms with Crippen LogP contribution < -0.4 is 5.32 Å². The molecule has 0 radical (unpaired) electrons. The third-order valence-electron chi connectivity index (χ3n) is 4.48. The third kappa shape index (κ3) is 3.02. The molecule has 0 aliphatic heterocycles. The molecule has 0 amide bonds. The van der Waals surface area contributed by atoms with Gasteiger partial charge in [0.2, 0.25) is 0 Å². The summed E-state index contributed by atoms with van der Waals surface area (Å²) in [6.07, 6.45) is 0. The van der Waals surface area contributed by atoms with Crippen LogP contribution in [0.25, 0.3) is 22.0 Å². The second-order valence-electron chi connectivity index (χ2n) is 6.35. The molecule has 26 heavy (non-hydrogen) atoms. The number of aromatic nitrogens is 2. The second kappa shape index (κ2) is 6.77. The summed E-state index contributed by atoms with van der Waals surface area (Å²) in [5, 5.41) is 15.3. The maximum atomic E-state index is 6.12. The molecule has 3 aromatic carbocycles. The van der Waals surface area contributed by atoms with Crippen molar-refractivity contribution in [2.75, 3.05) is 5.32 Å². The average molecular weight is 360 g/mol. The standard InChI is InChI=1S/C22H18ClN3/c1-14-11-12-15(2)20-19(14)21(16-7-4-3-5-8-16)25-26-22(20)24-18-10-6-9-17(23)13-18/h3-13H,1-2H3,(H,24,26). The molecule has 4 rings (SSSR count). The molecule has 1 heterocycles. The van der Waals surface area contributed by atoms with Gasteiger partial charge >= 0.3 is 0 Å². The number of halogens is 1. The van der Waals surface area contributed by atoms with Gasteiger partial charge in [0.15, 0.2) is 5.82 Å². The topological polar surface area (TPSA) is 37.8 Å². The molecule has 4 heteroatoms. The molecule has 0 atom stereocenters. The van der Waals surface area contributed by atoms with Crippen LogP contribution in [0.3, 0.4) is 0 Å². The Morgan fingerprint density at radius 2 is 1.50 bits per heavy atom. The van der Waals surface area contributed by atoms with Crippen LogP contribution in [-0.4, -0.2) is 10.2 Å². The summed E-state index contributed by atoms with van der Waals surface area (Å²) in [5.74, 6) is 0.739. The van der Waals surface area contributed by atoms with Crippen molar-refractivity contribution < 1.29 is 0 Å². The number of hydrogen-bond donors (Lipinski definition) is 1. The Hall–Kier alpha value is -2.91. The van der Waals surface area contributed by atoms with E-state index in [-0.39, 0.29) is 0 Å². The van der Waals surface area contributed by atoms with Gasteiger partial charge in [0.05, 0.1) is 0 Å². The second-order valence-corrected chi connectivity index (χ2v) is 6.78. The number of fused-ring (bicyclic) bond motifs is 1. The summed E-state index contributed by atoms with van der Waals surface area (Å²) in [4.78, 5) is 0. The number of aryl methyl sites for hydroxylation is 2. The number of nitrogens with zero attached hydrogens (tertiary/aromatic N) is 2. The summed E-state index contributed by atoms with van der Waals surface area (Å²) in [6, 6.07) is 22.0. The highest BCUT2D eigenvalue weighted by Gasteiger charge is 2.15. The molecule has 3 nitrogen and oxygen atoms in total. The van der Waals surface area contributed by atoms with E-state index in [1.165, 1.54) is 5.56 Å². The van der Waals surface area contributed by atoms with Crippen molar-refractivity contribution in [2.24, 2.45) is 0 Å². The maximum absolute atomic E-state index is 6.12. The zero-order valence-electron chi connectivity index (χ0n) is 14.6. The average Bonchev–Trinajstić information content (AvgIpc) is 2.65. The Kier molecular flexibility index (Phi) is 4.31. The van der Waals surface area contributed by atoms with Gasteiger partial charge in [-0.3, -0.25) is 0 Å². The summed E-state index contributed by atoms with van der Waals surface area (Å²) in [7, 11) is 0. The molecule has 0 bridgehead atoms. The fourth-order valence-electron chi connectivity index (χ4n) is 3.21. The van der Waals surface area contributed by atoms with Crippen LogP contribution in [0.5, 0.6) is 0 Å². The first-order valence-corrected chi connectivity index (χ1v) is 8.86. The van der Waals surface area contributed by atoms with Crippen LogP contribution in [0.15, 0.2) is 66.7 Å². The van der Waals surface area contributed by atoms with Crippen LogP contribution in [0.2, 0.25) is 5.02 Å². The SMILES string of the molecule is Cc1ccc(C)c2c(-c3ccccc3)nnc(Nc3cccc(Cl)c3)c12. The van der Waals surface area contributed by atoms with Crippen molar-refractivity contribution in [1.82, 2.24) is 10.2 Å². The molecular formula is C22H18ClN3. The van der Waals surface area contributed by atoms with Crippen LogP contribution in [-0.2, 0) is 0 Å². The van der Waals surface area contributed by atoms with Crippen LogP contribution in [0.1, 0.15) is 11.1 Å². The lowest BCUT2D eigenvalue weighted by molar-refractivity contribution is 1.06. The summed E-state index contributed by atoms with van der Waals surface area (Å²) in [6.45, 7) is 4.21. The minimum atomic E-state index is 0.682. The Balaban J connectivity index is 1.95. The van der Waals surface area contributed by atoms with E-state index in [0.717, 1.165) is 39.1 Å². The molecular weight excluding hydrogens is 342 g/mol. The Morgan fingerprint density at radius 3 is 2.23 bits per heavy atom. The number of anilines is 2. The predicted octanol–water partition coefficient (Wildman–Crippen LogP) is 6.31. The van der Waals surface area contributed by atoms with Crippen LogP contribution >= 0.6 is 11.6 Å². The maximum Gasteiger partial charge on any atom is 0.161 e. The zero-order valence-corrected chi connectivity index (χ0v) is 15.4. The van der Waals surface area contributed by atoms with Crippen LogP contribution in [0.4, 0.5) is 11.5 Å². The largest absolute Gasteiger partial charge is 0.338 e. The van der Waals surface area contributed by atoms with Gasteiger partial charge in [-0.25, -0.2) is 0 Å². The van der Waals surface area contributed by atoms with Crippen molar-refractivity contribution in [1.29, 1.82) is 0 Å². The van der Waals surface area contributed by atoms with E-state index >= 15 is 0 Å². The van der Waals surface area contributed by atoms with Gasteiger partial charge in [-0.2, -0.15) is 0 Å². The fourth-order valence-corrected chi connectivity index (χ4v) is 3.40. The molecule has 0 saturated heterocycles. The lowest BCUT2D eigenvalue weighted by Crippen LogP contribution is -2.01. The van der Waals surface area contributed by atoms with Gasteiger partial charge in [0.25, 0.3) is 0 Å². The lowest BCUT2D eigenvalue weighted by atomic mass is 9.97. The molecule has 128 valence electrons. The summed E-state index contributed by atoms with van der Waals surface area (Å²) in [5.41, 5.74) is 5.18. The molecule has 0 aliphatic rings. The first-order valence-electron chi connectivity index (χ1n) is 8.48. The molecule has 0 unspecified atom stereocenters. The monoisotopic (exact) mass is 359 g/mol. The van der Waals surface area contributed by atoms with Gasteiger partial charge in [0.1, 0.15) is 5.69 Å². The van der Waals surface area contributed by atoms with Crippen molar-refractivity contribution in [2.45, 2.75) is 13.8 Å². The van der Waals surface area contributed by atoms with Crippen molar-refractivity contribution in [3.63, 3.8) is 0 Å². The molecule has 1 aromatic heterocycles. The van der Waals surface area contributed by atoms with Gasteiger partial charge in [-0.05, 0) is 43.2 Å². The molecule has 4 aromatic rings. The smallest absolute Gasteiger partial charge is 0.161 e. The van der Waals surface area contributed by atoms with E-state index in [0.29, 0.717) is 5.02 Å². The van der Waals surface area contributed by atoms with Crippen LogP contribution in [0, 0.1) is 13.8 Å². The molecule has 0 aliphatic carbocycles. The van der Waals surface area contributed by atoms with Gasteiger partial charge in [-0.1, -0.05) is 60.1 Å². The van der Waals surface area contributed by atoms with E-state index in [4.69, 9.17) is 11.6 Å².